The fourth-order valence-electron chi connectivity index (χ4n) is 12.8. The molecule has 2 nitrogen and oxygen atoms in total. The van der Waals surface area contributed by atoms with Gasteiger partial charge in [0, 0.05) is 33.4 Å². The first-order chi connectivity index (χ1) is 43.4. The van der Waals surface area contributed by atoms with E-state index >= 15 is 0 Å². The summed E-state index contributed by atoms with van der Waals surface area (Å²) < 4.78 is 4.87. The largest absolute Gasteiger partial charge is 0.316 e. The Morgan fingerprint density at radius 2 is 0.511 bits per heavy atom. The first-order valence-electron chi connectivity index (χ1n) is 33.8. The van der Waals surface area contributed by atoms with Crippen molar-refractivity contribution in [2.75, 3.05) is 0 Å². The van der Waals surface area contributed by atoms with Crippen LogP contribution in [0.2, 0.25) is 0 Å². The Bertz CT molecular complexity index is 4000. The van der Waals surface area contributed by atoms with Crippen LogP contribution in [0, 0.1) is 0 Å². The van der Waals surface area contributed by atoms with Crippen LogP contribution in [0.3, 0.4) is 0 Å². The number of nitrogens with zero attached hydrogens (tertiary/aromatic N) is 2. The Hall–Kier alpha value is -8.46. The fourth-order valence-corrected chi connectivity index (χ4v) is 12.8. The van der Waals surface area contributed by atoms with Crippen LogP contribution < -0.4 is 0 Å². The van der Waals surface area contributed by atoms with E-state index in [1.165, 1.54) is 224 Å². The van der Waals surface area contributed by atoms with Gasteiger partial charge in [-0.2, -0.15) is 0 Å². The molecule has 0 aliphatic carbocycles. The third kappa shape index (κ3) is 15.8. The number of aryl methyl sites for hydroxylation is 4. The minimum absolute atomic E-state index is 1.15. The zero-order chi connectivity index (χ0) is 60.3. The Labute approximate surface area is 526 Å². The molecule has 88 heavy (non-hydrogen) atoms. The molecule has 0 saturated heterocycles. The van der Waals surface area contributed by atoms with Gasteiger partial charge in [-0.25, -0.2) is 0 Å². The van der Waals surface area contributed by atoms with Crippen molar-refractivity contribution < 1.29 is 0 Å². The number of fused-ring (bicyclic) bond motifs is 6. The maximum Gasteiger partial charge on any atom is 0.0541 e. The number of benzene rings is 9. The molecule has 0 radical (unpaired) electrons. The molecular formula is C86H92N2. The Morgan fingerprint density at radius 3 is 0.818 bits per heavy atom. The van der Waals surface area contributed by atoms with E-state index in [0.29, 0.717) is 0 Å². The summed E-state index contributed by atoms with van der Waals surface area (Å²) in [6.45, 7) is 9.16. The summed E-state index contributed by atoms with van der Waals surface area (Å²) in [5.41, 5.74) is 22.9. The van der Waals surface area contributed by atoms with Crippen LogP contribution in [0.5, 0.6) is 0 Å². The molecule has 9 aromatic carbocycles. The zero-order valence-corrected chi connectivity index (χ0v) is 53.1. The lowest BCUT2D eigenvalue weighted by Crippen LogP contribution is -1.94. The van der Waals surface area contributed by atoms with Crippen molar-refractivity contribution >= 4 is 92.3 Å². The van der Waals surface area contributed by atoms with Crippen molar-refractivity contribution in [3.8, 4) is 16.8 Å². The summed E-state index contributed by atoms with van der Waals surface area (Å²) in [4.78, 5) is 0. The SMILES string of the molecule is CCCCCCc1ccc2c(c1)c1cc(CCCCCC)ccc1n2/C=C/c1ccc(/C=C/c2ccc(-c3ccc(/C=C/c4ccc(/C=C/c5ccc(-n6c7ccc(CCCCCC)cc7c7cc(CCCCCC)ccc76)cc5)cc4)cc3)cc2)cc1. The molecule has 0 N–H and O–H groups in total. The number of hydrogen-bond acceptors (Lipinski definition) is 0. The lowest BCUT2D eigenvalue weighted by atomic mass is 10.0. The van der Waals surface area contributed by atoms with Gasteiger partial charge in [-0.3, -0.25) is 0 Å². The molecule has 0 aliphatic rings. The van der Waals surface area contributed by atoms with Crippen LogP contribution in [-0.2, 0) is 25.7 Å². The molecule has 0 fully saturated rings. The van der Waals surface area contributed by atoms with E-state index in [9.17, 15) is 0 Å². The minimum atomic E-state index is 1.15. The van der Waals surface area contributed by atoms with Crippen molar-refractivity contribution in [2.45, 2.75) is 156 Å². The van der Waals surface area contributed by atoms with Gasteiger partial charge in [0.25, 0.3) is 0 Å². The Kier molecular flexibility index (Phi) is 21.5. The molecular weight excluding hydrogens is 1060 g/mol. The van der Waals surface area contributed by atoms with Crippen molar-refractivity contribution in [1.29, 1.82) is 0 Å². The van der Waals surface area contributed by atoms with Gasteiger partial charge in [-0.1, -0.05) is 275 Å². The van der Waals surface area contributed by atoms with Crippen LogP contribution in [-0.4, -0.2) is 9.13 Å². The van der Waals surface area contributed by atoms with Crippen molar-refractivity contribution in [1.82, 2.24) is 9.13 Å². The molecule has 0 aliphatic heterocycles. The predicted molar refractivity (Wildman–Crippen MR) is 388 cm³/mol. The zero-order valence-electron chi connectivity index (χ0n) is 53.1. The van der Waals surface area contributed by atoms with E-state index in [0.717, 1.165) is 25.7 Å². The average molecular weight is 1150 g/mol. The van der Waals surface area contributed by atoms with Gasteiger partial charge in [0.15, 0.2) is 0 Å². The van der Waals surface area contributed by atoms with E-state index < -0.39 is 0 Å². The molecule has 0 atom stereocenters. The highest BCUT2D eigenvalue weighted by atomic mass is 15.0. The lowest BCUT2D eigenvalue weighted by molar-refractivity contribution is 0.667. The maximum absolute atomic E-state index is 2.48. The number of unbranched alkanes of at least 4 members (excludes halogenated alkanes) is 12. The van der Waals surface area contributed by atoms with E-state index in [1.54, 1.807) is 0 Å². The summed E-state index contributed by atoms with van der Waals surface area (Å²) >= 11 is 0. The standard InChI is InChI=1S/C86H92N2/c1-5-9-13-17-21-72-45-55-83-79(61-72)80-62-73(22-18-14-10-6-2)46-56-84(80)87(83)60-59-71-37-35-67(36-38-71)30-33-69-41-51-77(52-42-69)76-49-39-68(40-50-76)32-29-65-25-27-66(28-26-65)31-34-70-43-53-78(54-44-70)88-85-57-47-74(23-19-15-11-7-3)63-81(85)82-64-75(48-58-86(82)88)24-20-16-12-8-4/h25-64H,5-24H2,1-4H3/b32-29+,33-30+,34-31+,60-59+. The van der Waals surface area contributed by atoms with E-state index in [1.807, 2.05) is 0 Å². The molecule has 11 rings (SSSR count). The lowest BCUT2D eigenvalue weighted by Gasteiger charge is -2.09. The summed E-state index contributed by atoms with van der Waals surface area (Å²) in [6, 6.07) is 73.3. The van der Waals surface area contributed by atoms with Crippen LogP contribution in [0.1, 0.15) is 192 Å². The molecule has 446 valence electrons. The summed E-state index contributed by atoms with van der Waals surface area (Å²) in [7, 11) is 0. The van der Waals surface area contributed by atoms with E-state index in [4.69, 9.17) is 0 Å². The van der Waals surface area contributed by atoms with E-state index in [2.05, 4.69) is 280 Å². The topological polar surface area (TPSA) is 9.86 Å². The highest BCUT2D eigenvalue weighted by molar-refractivity contribution is 6.11. The number of rotatable bonds is 30. The van der Waals surface area contributed by atoms with Crippen molar-refractivity contribution in [3.05, 3.63) is 255 Å². The Morgan fingerprint density at radius 1 is 0.250 bits per heavy atom. The molecule has 11 aromatic rings. The fraction of sp³-hybridized carbons (Fsp3) is 0.279. The highest BCUT2D eigenvalue weighted by Gasteiger charge is 2.15. The number of aromatic nitrogens is 2. The highest BCUT2D eigenvalue weighted by Crippen LogP contribution is 2.36. The minimum Gasteiger partial charge on any atom is -0.316 e. The second-order valence-electron chi connectivity index (χ2n) is 24.8. The number of hydrogen-bond donors (Lipinski definition) is 0. The first-order valence-corrected chi connectivity index (χ1v) is 33.8. The first kappa shape index (κ1) is 61.2. The van der Waals surface area contributed by atoms with Gasteiger partial charge in [0.1, 0.15) is 0 Å². The van der Waals surface area contributed by atoms with Crippen molar-refractivity contribution in [2.24, 2.45) is 0 Å². The van der Waals surface area contributed by atoms with Crippen LogP contribution in [0.15, 0.2) is 194 Å². The third-order valence-corrected chi connectivity index (χ3v) is 18.1. The second kappa shape index (κ2) is 30.9. The van der Waals surface area contributed by atoms with Crippen molar-refractivity contribution in [3.63, 3.8) is 0 Å². The molecule has 2 heteroatoms. The van der Waals surface area contributed by atoms with Gasteiger partial charge in [-0.05, 0) is 190 Å². The quantitative estimate of drug-likeness (QED) is 0.0314. The van der Waals surface area contributed by atoms with Gasteiger partial charge in [0.2, 0.25) is 0 Å². The van der Waals surface area contributed by atoms with Crippen LogP contribution >= 0.6 is 0 Å². The molecule has 2 heterocycles. The van der Waals surface area contributed by atoms with Gasteiger partial charge < -0.3 is 9.13 Å². The van der Waals surface area contributed by atoms with Crippen LogP contribution in [0.4, 0.5) is 0 Å². The Balaban J connectivity index is 0.684. The molecule has 2 aromatic heterocycles. The van der Waals surface area contributed by atoms with E-state index in [-0.39, 0.29) is 0 Å². The molecule has 0 bridgehead atoms. The summed E-state index contributed by atoms with van der Waals surface area (Å²) in [6.07, 6.45) is 43.0. The molecule has 0 spiro atoms. The average Bonchev–Trinajstić information content (AvgIpc) is 3.52. The maximum atomic E-state index is 2.48. The van der Waals surface area contributed by atoms with Crippen LogP contribution in [0.25, 0.3) is 109 Å². The van der Waals surface area contributed by atoms with Gasteiger partial charge in [0.05, 0.1) is 22.1 Å². The monoisotopic (exact) mass is 1150 g/mol. The van der Waals surface area contributed by atoms with Gasteiger partial charge >= 0.3 is 0 Å². The van der Waals surface area contributed by atoms with Gasteiger partial charge in [-0.15, -0.1) is 0 Å². The molecule has 0 saturated carbocycles. The molecule has 0 unspecified atom stereocenters. The third-order valence-electron chi connectivity index (χ3n) is 18.1. The second-order valence-corrected chi connectivity index (χ2v) is 24.8. The summed E-state index contributed by atoms with van der Waals surface area (Å²) in [5.74, 6) is 0. The predicted octanol–water partition coefficient (Wildman–Crippen LogP) is 25.2. The molecule has 0 amide bonds. The smallest absolute Gasteiger partial charge is 0.0541 e. The summed E-state index contributed by atoms with van der Waals surface area (Å²) in [5, 5.41) is 5.50. The normalized spacial score (nSPS) is 12.1.